The second-order valence-electron chi connectivity index (χ2n) is 4.94. The first-order chi connectivity index (χ1) is 10.2. The van der Waals surface area contributed by atoms with Crippen LogP contribution in [0, 0.1) is 13.8 Å². The molecular weight excluding hydrogens is 313 g/mol. The molecule has 22 heavy (non-hydrogen) atoms. The molecular formula is C15H15F3N2OS. The van der Waals surface area contributed by atoms with Crippen LogP contribution in [-0.2, 0) is 11.2 Å². The minimum absolute atomic E-state index is 0.106. The van der Waals surface area contributed by atoms with Gasteiger partial charge in [0.1, 0.15) is 6.54 Å². The number of aryl methyl sites for hydroxylation is 2. The van der Waals surface area contributed by atoms with Gasteiger partial charge >= 0.3 is 6.18 Å². The predicted octanol–water partition coefficient (Wildman–Crippen LogP) is 3.65. The van der Waals surface area contributed by atoms with Gasteiger partial charge in [0.15, 0.2) is 0 Å². The van der Waals surface area contributed by atoms with Crippen molar-refractivity contribution < 1.29 is 18.0 Å². The maximum absolute atomic E-state index is 12.1. The summed E-state index contributed by atoms with van der Waals surface area (Å²) < 4.78 is 36.3. The molecule has 1 aromatic carbocycles. The maximum atomic E-state index is 12.1. The Balaban J connectivity index is 2.15. The molecule has 0 bridgehead atoms. The van der Waals surface area contributed by atoms with Crippen LogP contribution in [0.5, 0.6) is 0 Å². The average molecular weight is 328 g/mol. The lowest BCUT2D eigenvalue weighted by molar-refractivity contribution is -0.138. The second kappa shape index (κ2) is 6.48. The number of rotatable bonds is 4. The number of thiazole rings is 1. The molecule has 3 nitrogen and oxygen atoms in total. The summed E-state index contributed by atoms with van der Waals surface area (Å²) in [4.78, 5) is 16.7. The predicted molar refractivity (Wildman–Crippen MR) is 79.8 cm³/mol. The van der Waals surface area contributed by atoms with E-state index in [1.807, 2.05) is 36.5 Å². The zero-order chi connectivity index (χ0) is 16.3. The number of nitrogens with zero attached hydrogens (tertiary/aromatic N) is 1. The highest BCUT2D eigenvalue weighted by atomic mass is 32.1. The molecule has 0 saturated carbocycles. The van der Waals surface area contributed by atoms with Crippen LogP contribution in [0.1, 0.15) is 15.4 Å². The zero-order valence-electron chi connectivity index (χ0n) is 12.1. The summed E-state index contributed by atoms with van der Waals surface area (Å²) in [6.07, 6.45) is -4.51. The molecule has 0 radical (unpaired) electrons. The van der Waals surface area contributed by atoms with Crippen molar-refractivity contribution in [3.05, 3.63) is 39.7 Å². The van der Waals surface area contributed by atoms with Crippen LogP contribution in [0.4, 0.5) is 13.2 Å². The number of nitrogens with one attached hydrogen (secondary N) is 1. The fourth-order valence-electron chi connectivity index (χ4n) is 1.93. The average Bonchev–Trinajstić information content (AvgIpc) is 2.77. The van der Waals surface area contributed by atoms with Crippen LogP contribution < -0.4 is 5.32 Å². The molecule has 7 heteroatoms. The zero-order valence-corrected chi connectivity index (χ0v) is 12.9. The second-order valence-corrected chi connectivity index (χ2v) is 6.23. The van der Waals surface area contributed by atoms with Gasteiger partial charge in [-0.3, -0.25) is 4.79 Å². The third-order valence-corrected chi connectivity index (χ3v) is 3.91. The van der Waals surface area contributed by atoms with E-state index in [1.165, 1.54) is 11.3 Å². The summed E-state index contributed by atoms with van der Waals surface area (Å²) >= 11 is 1.32. The number of carbonyl (C=O) groups excluding carboxylic acids is 1. The summed E-state index contributed by atoms with van der Waals surface area (Å²) in [6, 6.07) is 7.64. The minimum Gasteiger partial charge on any atom is -0.347 e. The summed E-state index contributed by atoms with van der Waals surface area (Å²) in [7, 11) is 0. The number of hydrogen-bond donors (Lipinski definition) is 1. The number of benzene rings is 1. The summed E-state index contributed by atoms with van der Waals surface area (Å²) in [6.45, 7) is 2.45. The molecule has 0 aliphatic rings. The molecule has 2 rings (SSSR count). The summed E-state index contributed by atoms with van der Waals surface area (Å²) in [5, 5.41) is 2.66. The molecule has 0 unspecified atom stereocenters. The Morgan fingerprint density at radius 2 is 1.86 bits per heavy atom. The normalized spacial score (nSPS) is 11.5. The van der Waals surface area contributed by atoms with Crippen LogP contribution in [-0.4, -0.2) is 23.6 Å². The highest BCUT2D eigenvalue weighted by Crippen LogP contribution is 2.28. The third-order valence-electron chi connectivity index (χ3n) is 2.94. The lowest BCUT2D eigenvalue weighted by Gasteiger charge is -2.08. The first-order valence-electron chi connectivity index (χ1n) is 6.61. The number of alkyl halides is 3. The quantitative estimate of drug-likeness (QED) is 0.931. The van der Waals surface area contributed by atoms with Gasteiger partial charge in [-0.15, -0.1) is 11.3 Å². The molecule has 1 aromatic heterocycles. The SMILES string of the molecule is Cc1ccc(-c2nc(C)sc2CC(=O)NCC(F)(F)F)cc1. The molecule has 0 aliphatic carbocycles. The molecule has 0 atom stereocenters. The van der Waals surface area contributed by atoms with Gasteiger partial charge in [0.25, 0.3) is 0 Å². The van der Waals surface area contributed by atoms with E-state index in [0.29, 0.717) is 10.6 Å². The van der Waals surface area contributed by atoms with E-state index >= 15 is 0 Å². The van der Waals surface area contributed by atoms with Gasteiger partial charge < -0.3 is 5.32 Å². The van der Waals surface area contributed by atoms with Crippen molar-refractivity contribution in [2.45, 2.75) is 26.4 Å². The van der Waals surface area contributed by atoms with Crippen molar-refractivity contribution in [2.24, 2.45) is 0 Å². The van der Waals surface area contributed by atoms with Crippen molar-refractivity contribution in [2.75, 3.05) is 6.54 Å². The monoisotopic (exact) mass is 328 g/mol. The maximum Gasteiger partial charge on any atom is 0.405 e. The van der Waals surface area contributed by atoms with Crippen molar-refractivity contribution in [1.82, 2.24) is 10.3 Å². The standard InChI is InChI=1S/C15H15F3N2OS/c1-9-3-5-11(6-4-9)14-12(22-10(2)20-14)7-13(21)19-8-15(16,17)18/h3-6H,7-8H2,1-2H3,(H,19,21). The number of amides is 1. The van der Waals surface area contributed by atoms with Crippen molar-refractivity contribution in [3.63, 3.8) is 0 Å². The van der Waals surface area contributed by atoms with Gasteiger partial charge in [0.05, 0.1) is 17.1 Å². The van der Waals surface area contributed by atoms with Crippen LogP contribution >= 0.6 is 11.3 Å². The van der Waals surface area contributed by atoms with Gasteiger partial charge in [-0.25, -0.2) is 4.98 Å². The molecule has 0 spiro atoms. The summed E-state index contributed by atoms with van der Waals surface area (Å²) in [5.41, 5.74) is 2.61. The fourth-order valence-corrected chi connectivity index (χ4v) is 2.89. The first-order valence-corrected chi connectivity index (χ1v) is 7.43. The molecule has 0 fully saturated rings. The van der Waals surface area contributed by atoms with Crippen molar-refractivity contribution in [3.8, 4) is 11.3 Å². The van der Waals surface area contributed by atoms with Crippen LogP contribution in [0.25, 0.3) is 11.3 Å². The molecule has 0 saturated heterocycles. The number of halogens is 3. The lowest BCUT2D eigenvalue weighted by atomic mass is 10.1. The number of hydrogen-bond acceptors (Lipinski definition) is 3. The first kappa shape index (κ1) is 16.5. The molecule has 118 valence electrons. The van der Waals surface area contributed by atoms with E-state index < -0.39 is 18.6 Å². The summed E-state index contributed by atoms with van der Waals surface area (Å²) in [5.74, 6) is -0.658. The molecule has 0 aliphatic heterocycles. The van der Waals surface area contributed by atoms with Gasteiger partial charge in [0.2, 0.25) is 5.91 Å². The van der Waals surface area contributed by atoms with Crippen LogP contribution in [0.2, 0.25) is 0 Å². The van der Waals surface area contributed by atoms with Gasteiger partial charge in [-0.2, -0.15) is 13.2 Å². The van der Waals surface area contributed by atoms with E-state index in [4.69, 9.17) is 0 Å². The Bertz CT molecular complexity index is 662. The molecule has 2 aromatic rings. The van der Waals surface area contributed by atoms with E-state index in [9.17, 15) is 18.0 Å². The number of aromatic nitrogens is 1. The van der Waals surface area contributed by atoms with Crippen molar-refractivity contribution in [1.29, 1.82) is 0 Å². The Labute approximate surface area is 130 Å². The largest absolute Gasteiger partial charge is 0.405 e. The Kier molecular flexibility index (Phi) is 4.85. The van der Waals surface area contributed by atoms with Gasteiger partial charge in [-0.05, 0) is 13.8 Å². The minimum atomic E-state index is -4.40. The van der Waals surface area contributed by atoms with E-state index in [-0.39, 0.29) is 6.42 Å². The fraction of sp³-hybridized carbons (Fsp3) is 0.333. The van der Waals surface area contributed by atoms with E-state index in [2.05, 4.69) is 4.98 Å². The van der Waals surface area contributed by atoms with E-state index in [1.54, 1.807) is 6.92 Å². The van der Waals surface area contributed by atoms with Crippen LogP contribution in [0.15, 0.2) is 24.3 Å². The molecule has 1 amide bonds. The van der Waals surface area contributed by atoms with Crippen LogP contribution in [0.3, 0.4) is 0 Å². The Hall–Kier alpha value is -1.89. The van der Waals surface area contributed by atoms with Crippen molar-refractivity contribution >= 4 is 17.2 Å². The molecule has 1 N–H and O–H groups in total. The highest BCUT2D eigenvalue weighted by Gasteiger charge is 2.28. The molecule has 1 heterocycles. The topological polar surface area (TPSA) is 42.0 Å². The van der Waals surface area contributed by atoms with E-state index in [0.717, 1.165) is 16.1 Å². The number of carbonyl (C=O) groups is 1. The Morgan fingerprint density at radius 1 is 1.23 bits per heavy atom. The lowest BCUT2D eigenvalue weighted by Crippen LogP contribution is -2.34. The highest BCUT2D eigenvalue weighted by molar-refractivity contribution is 7.12. The Morgan fingerprint density at radius 3 is 2.45 bits per heavy atom. The van der Waals surface area contributed by atoms with Gasteiger partial charge in [-0.1, -0.05) is 29.8 Å². The smallest absolute Gasteiger partial charge is 0.347 e. The third kappa shape index (κ3) is 4.56. The van der Waals surface area contributed by atoms with Gasteiger partial charge in [0, 0.05) is 10.4 Å².